The van der Waals surface area contributed by atoms with Crippen molar-refractivity contribution in [2.24, 2.45) is 53.3 Å². The fraction of sp³-hybridized carbons (Fsp3) is 1.00. The van der Waals surface area contributed by atoms with Gasteiger partial charge in [0.05, 0.1) is 0 Å². The Morgan fingerprint density at radius 2 is 1.37 bits per heavy atom. The SMILES string of the molecule is CCC1CCC(C)C1.CCCCC1C(C)CC2CCCC2C1C1CCC(CC)CC1. The van der Waals surface area contributed by atoms with E-state index in [-0.39, 0.29) is 0 Å². The summed E-state index contributed by atoms with van der Waals surface area (Å²) in [5, 5.41) is 0. The van der Waals surface area contributed by atoms with Crippen molar-refractivity contribution >= 4 is 0 Å². The Bertz CT molecular complexity index is 459. The van der Waals surface area contributed by atoms with Crippen molar-refractivity contribution < 1.29 is 0 Å². The molecule has 4 rings (SSSR count). The second-order valence-electron chi connectivity index (χ2n) is 12.3. The van der Waals surface area contributed by atoms with Crippen LogP contribution < -0.4 is 0 Å². The molecule has 4 saturated carbocycles. The highest BCUT2D eigenvalue weighted by atomic mass is 14.5. The lowest BCUT2D eigenvalue weighted by Gasteiger charge is -2.49. The Kier molecular flexibility index (Phi) is 10.1. The molecule has 4 aliphatic rings. The molecule has 7 unspecified atom stereocenters. The van der Waals surface area contributed by atoms with Crippen molar-refractivity contribution in [2.45, 2.75) is 137 Å². The van der Waals surface area contributed by atoms with Gasteiger partial charge in [-0.05, 0) is 91.8 Å². The first-order chi connectivity index (χ1) is 14.6. The lowest BCUT2D eigenvalue weighted by Crippen LogP contribution is -2.42. The van der Waals surface area contributed by atoms with Gasteiger partial charge in [-0.3, -0.25) is 0 Å². The molecule has 176 valence electrons. The molecule has 0 amide bonds. The summed E-state index contributed by atoms with van der Waals surface area (Å²) in [6.07, 6.45) is 24.2. The Hall–Kier alpha value is 0. The zero-order chi connectivity index (χ0) is 21.5. The van der Waals surface area contributed by atoms with Crippen LogP contribution >= 0.6 is 0 Å². The average Bonchev–Trinajstić information content (AvgIpc) is 3.40. The smallest absolute Gasteiger partial charge is 0.0324 e. The van der Waals surface area contributed by atoms with Crippen molar-refractivity contribution in [3.05, 3.63) is 0 Å². The summed E-state index contributed by atoms with van der Waals surface area (Å²) in [5.41, 5.74) is 0. The van der Waals surface area contributed by atoms with Gasteiger partial charge in [-0.2, -0.15) is 0 Å². The third-order valence-electron chi connectivity index (χ3n) is 10.4. The molecule has 0 aromatic carbocycles. The minimum Gasteiger partial charge on any atom is -0.0654 e. The number of hydrogen-bond donors (Lipinski definition) is 0. The van der Waals surface area contributed by atoms with Gasteiger partial charge in [-0.25, -0.2) is 0 Å². The number of fused-ring (bicyclic) bond motifs is 1. The zero-order valence-corrected chi connectivity index (χ0v) is 21.5. The van der Waals surface area contributed by atoms with Crippen LogP contribution in [0.5, 0.6) is 0 Å². The summed E-state index contributed by atoms with van der Waals surface area (Å²) in [4.78, 5) is 0. The maximum absolute atomic E-state index is 2.61. The maximum atomic E-state index is 2.61. The summed E-state index contributed by atoms with van der Waals surface area (Å²) in [6.45, 7) is 12.1. The zero-order valence-electron chi connectivity index (χ0n) is 21.5. The molecule has 0 saturated heterocycles. The summed E-state index contributed by atoms with van der Waals surface area (Å²) in [5.74, 6) is 9.69. The lowest BCUT2D eigenvalue weighted by atomic mass is 9.56. The van der Waals surface area contributed by atoms with E-state index in [4.69, 9.17) is 0 Å². The highest BCUT2D eigenvalue weighted by Gasteiger charge is 2.47. The predicted molar refractivity (Wildman–Crippen MR) is 134 cm³/mol. The average molecular weight is 417 g/mol. The van der Waals surface area contributed by atoms with Crippen LogP contribution in [0.2, 0.25) is 0 Å². The molecular weight excluding hydrogens is 360 g/mol. The van der Waals surface area contributed by atoms with Gasteiger partial charge in [0.1, 0.15) is 0 Å². The van der Waals surface area contributed by atoms with Gasteiger partial charge in [-0.1, -0.05) is 98.8 Å². The van der Waals surface area contributed by atoms with Gasteiger partial charge in [0, 0.05) is 0 Å². The van der Waals surface area contributed by atoms with Crippen LogP contribution in [0.1, 0.15) is 137 Å². The Balaban J connectivity index is 0.000000269. The van der Waals surface area contributed by atoms with E-state index < -0.39 is 0 Å². The molecule has 0 heteroatoms. The molecule has 0 N–H and O–H groups in total. The quantitative estimate of drug-likeness (QED) is 0.404. The van der Waals surface area contributed by atoms with Crippen LogP contribution in [0.15, 0.2) is 0 Å². The highest BCUT2D eigenvalue weighted by Crippen LogP contribution is 2.56. The summed E-state index contributed by atoms with van der Waals surface area (Å²) < 4.78 is 0. The van der Waals surface area contributed by atoms with E-state index in [2.05, 4.69) is 34.6 Å². The van der Waals surface area contributed by atoms with Crippen molar-refractivity contribution in [3.63, 3.8) is 0 Å². The van der Waals surface area contributed by atoms with E-state index in [0.717, 1.165) is 53.3 Å². The molecule has 0 heterocycles. The van der Waals surface area contributed by atoms with Crippen molar-refractivity contribution in [1.82, 2.24) is 0 Å². The standard InChI is InChI=1S/C22H40.C8H16/c1-4-6-9-20-16(3)15-19-8-7-10-21(19)22(20)18-13-11-17(5-2)12-14-18;1-3-8-5-4-7(2)6-8/h16-22H,4-15H2,1-3H3;7-8H,3-6H2,1-2H3. The summed E-state index contributed by atoms with van der Waals surface area (Å²) in [6, 6.07) is 0. The predicted octanol–water partition coefficient (Wildman–Crippen LogP) is 9.91. The first-order valence-corrected chi connectivity index (χ1v) is 14.6. The van der Waals surface area contributed by atoms with Crippen molar-refractivity contribution in [1.29, 1.82) is 0 Å². The Morgan fingerprint density at radius 3 is 1.93 bits per heavy atom. The van der Waals surface area contributed by atoms with E-state index in [1.165, 1.54) is 44.9 Å². The van der Waals surface area contributed by atoms with Gasteiger partial charge in [0.15, 0.2) is 0 Å². The van der Waals surface area contributed by atoms with Gasteiger partial charge in [0.2, 0.25) is 0 Å². The normalized spacial score (nSPS) is 43.7. The highest BCUT2D eigenvalue weighted by molar-refractivity contribution is 4.97. The second kappa shape index (κ2) is 12.3. The molecule has 30 heavy (non-hydrogen) atoms. The Morgan fingerprint density at radius 1 is 0.667 bits per heavy atom. The van der Waals surface area contributed by atoms with Crippen LogP contribution in [-0.2, 0) is 0 Å². The van der Waals surface area contributed by atoms with E-state index in [9.17, 15) is 0 Å². The van der Waals surface area contributed by atoms with Crippen molar-refractivity contribution in [2.75, 3.05) is 0 Å². The van der Waals surface area contributed by atoms with Crippen LogP contribution in [0.25, 0.3) is 0 Å². The van der Waals surface area contributed by atoms with Crippen LogP contribution in [0, 0.1) is 53.3 Å². The van der Waals surface area contributed by atoms with Crippen LogP contribution in [0.4, 0.5) is 0 Å². The molecule has 0 aliphatic heterocycles. The molecular formula is C30H56. The number of unbranched alkanes of at least 4 members (excludes halogenated alkanes) is 1. The van der Waals surface area contributed by atoms with E-state index in [1.54, 1.807) is 57.8 Å². The van der Waals surface area contributed by atoms with Crippen LogP contribution in [-0.4, -0.2) is 0 Å². The topological polar surface area (TPSA) is 0 Å². The molecule has 0 aromatic rings. The van der Waals surface area contributed by atoms with Gasteiger partial charge < -0.3 is 0 Å². The molecule has 0 nitrogen and oxygen atoms in total. The fourth-order valence-electron chi connectivity index (χ4n) is 8.51. The Labute approximate surface area is 190 Å². The fourth-order valence-corrected chi connectivity index (χ4v) is 8.51. The van der Waals surface area contributed by atoms with Gasteiger partial charge in [0.25, 0.3) is 0 Å². The van der Waals surface area contributed by atoms with E-state index in [1.807, 2.05) is 0 Å². The van der Waals surface area contributed by atoms with Gasteiger partial charge in [-0.15, -0.1) is 0 Å². The lowest BCUT2D eigenvalue weighted by molar-refractivity contribution is -0.00258. The van der Waals surface area contributed by atoms with Gasteiger partial charge >= 0.3 is 0 Å². The molecule has 0 radical (unpaired) electrons. The first kappa shape index (κ1) is 24.6. The molecule has 0 spiro atoms. The van der Waals surface area contributed by atoms with Crippen LogP contribution in [0.3, 0.4) is 0 Å². The second-order valence-corrected chi connectivity index (χ2v) is 12.3. The number of hydrogen-bond acceptors (Lipinski definition) is 0. The van der Waals surface area contributed by atoms with Crippen molar-refractivity contribution in [3.8, 4) is 0 Å². The third kappa shape index (κ3) is 6.28. The van der Waals surface area contributed by atoms with E-state index >= 15 is 0 Å². The first-order valence-electron chi connectivity index (χ1n) is 14.6. The minimum absolute atomic E-state index is 1.01. The molecule has 7 atom stereocenters. The summed E-state index contributed by atoms with van der Waals surface area (Å²) >= 11 is 0. The number of rotatable bonds is 6. The monoisotopic (exact) mass is 416 g/mol. The third-order valence-corrected chi connectivity index (χ3v) is 10.4. The summed E-state index contributed by atoms with van der Waals surface area (Å²) in [7, 11) is 0. The minimum atomic E-state index is 1.01. The molecule has 4 fully saturated rings. The maximum Gasteiger partial charge on any atom is -0.0324 e. The molecule has 0 bridgehead atoms. The molecule has 4 aliphatic carbocycles. The largest absolute Gasteiger partial charge is 0.0654 e. The van der Waals surface area contributed by atoms with E-state index in [0.29, 0.717) is 0 Å². The molecule has 0 aromatic heterocycles.